The summed E-state index contributed by atoms with van der Waals surface area (Å²) in [5.41, 5.74) is 3.84. The summed E-state index contributed by atoms with van der Waals surface area (Å²) in [6.45, 7) is 4.96. The summed E-state index contributed by atoms with van der Waals surface area (Å²) in [6, 6.07) is 16.5. The van der Waals surface area contributed by atoms with Crippen LogP contribution in [0.5, 0.6) is 5.75 Å². The lowest BCUT2D eigenvalue weighted by molar-refractivity contribution is 0.308. The van der Waals surface area contributed by atoms with Crippen molar-refractivity contribution in [1.82, 2.24) is 0 Å². The van der Waals surface area contributed by atoms with Gasteiger partial charge in [-0.05, 0) is 79.8 Å². The lowest BCUT2D eigenvalue weighted by atomic mass is 9.77. The van der Waals surface area contributed by atoms with Crippen molar-refractivity contribution in [2.75, 3.05) is 6.61 Å². The number of hydrogen-bond acceptors (Lipinski definition) is 2. The van der Waals surface area contributed by atoms with E-state index in [4.69, 9.17) is 4.74 Å². The molecule has 150 valence electrons. The first-order chi connectivity index (χ1) is 14.2. The summed E-state index contributed by atoms with van der Waals surface area (Å²) in [5.74, 6) is 8.70. The van der Waals surface area contributed by atoms with Crippen LogP contribution in [0.15, 0.2) is 42.5 Å². The summed E-state index contributed by atoms with van der Waals surface area (Å²) in [6.07, 6.45) is 9.01. The van der Waals surface area contributed by atoms with Gasteiger partial charge in [-0.3, -0.25) is 0 Å². The molecule has 0 saturated heterocycles. The van der Waals surface area contributed by atoms with Gasteiger partial charge in [0.15, 0.2) is 0 Å². The van der Waals surface area contributed by atoms with E-state index in [-0.39, 0.29) is 0 Å². The van der Waals surface area contributed by atoms with Crippen LogP contribution >= 0.6 is 0 Å². The molecular formula is C27H31NO. The van der Waals surface area contributed by atoms with Crippen molar-refractivity contribution in [3.63, 3.8) is 0 Å². The Balaban J connectivity index is 1.64. The van der Waals surface area contributed by atoms with Gasteiger partial charge in [0, 0.05) is 11.1 Å². The van der Waals surface area contributed by atoms with Gasteiger partial charge in [0.2, 0.25) is 0 Å². The van der Waals surface area contributed by atoms with Crippen LogP contribution in [0.1, 0.15) is 87.0 Å². The second kappa shape index (κ2) is 10.7. The summed E-state index contributed by atoms with van der Waals surface area (Å²) < 4.78 is 5.62. The average Bonchev–Trinajstić information content (AvgIpc) is 2.77. The molecule has 0 amide bonds. The van der Waals surface area contributed by atoms with Crippen LogP contribution in [0, 0.1) is 29.1 Å². The summed E-state index contributed by atoms with van der Waals surface area (Å²) in [4.78, 5) is 0. The Morgan fingerprint density at radius 2 is 1.59 bits per heavy atom. The molecule has 0 spiro atoms. The fourth-order valence-electron chi connectivity index (χ4n) is 4.21. The van der Waals surface area contributed by atoms with Crippen molar-refractivity contribution in [1.29, 1.82) is 5.26 Å². The van der Waals surface area contributed by atoms with Crippen LogP contribution in [0.25, 0.3) is 0 Å². The summed E-state index contributed by atoms with van der Waals surface area (Å²) in [7, 11) is 0. The molecule has 0 N–H and O–H groups in total. The molecule has 0 bridgehead atoms. The SMILES string of the molecule is CCCOc1ccc(C#Cc2ccc(C3CCC(CCC)CC3)cc2)cc1C#N. The molecule has 1 aliphatic rings. The van der Waals surface area contributed by atoms with E-state index in [0.717, 1.165) is 23.5 Å². The minimum absolute atomic E-state index is 0.541. The van der Waals surface area contributed by atoms with Crippen molar-refractivity contribution >= 4 is 0 Å². The highest BCUT2D eigenvalue weighted by Crippen LogP contribution is 2.37. The molecule has 1 saturated carbocycles. The molecule has 0 radical (unpaired) electrons. The molecule has 0 heterocycles. The zero-order valence-corrected chi connectivity index (χ0v) is 17.7. The topological polar surface area (TPSA) is 33.0 Å². The van der Waals surface area contributed by atoms with E-state index in [1.54, 1.807) is 6.07 Å². The van der Waals surface area contributed by atoms with Crippen molar-refractivity contribution < 1.29 is 4.74 Å². The second-order valence-corrected chi connectivity index (χ2v) is 8.05. The van der Waals surface area contributed by atoms with Gasteiger partial charge in [-0.25, -0.2) is 0 Å². The molecule has 0 aliphatic heterocycles. The molecule has 2 nitrogen and oxygen atoms in total. The Labute approximate surface area is 175 Å². The Hall–Kier alpha value is -2.71. The molecule has 1 aliphatic carbocycles. The predicted octanol–water partition coefficient (Wildman–Crippen LogP) is 6.82. The third-order valence-electron chi connectivity index (χ3n) is 5.84. The van der Waals surface area contributed by atoms with Crippen molar-refractivity contribution in [2.45, 2.75) is 64.7 Å². The van der Waals surface area contributed by atoms with Crippen LogP contribution in [0.4, 0.5) is 0 Å². The van der Waals surface area contributed by atoms with Crippen LogP contribution in [0.3, 0.4) is 0 Å². The molecule has 2 aromatic carbocycles. The van der Waals surface area contributed by atoms with Gasteiger partial charge in [0.1, 0.15) is 11.8 Å². The van der Waals surface area contributed by atoms with Gasteiger partial charge in [0.25, 0.3) is 0 Å². The lowest BCUT2D eigenvalue weighted by Gasteiger charge is -2.28. The first-order valence-electron chi connectivity index (χ1n) is 11.0. The lowest BCUT2D eigenvalue weighted by Crippen LogP contribution is -2.13. The number of hydrogen-bond donors (Lipinski definition) is 0. The molecule has 3 rings (SSSR count). The highest BCUT2D eigenvalue weighted by Gasteiger charge is 2.21. The largest absolute Gasteiger partial charge is 0.492 e. The van der Waals surface area contributed by atoms with E-state index in [9.17, 15) is 5.26 Å². The van der Waals surface area contributed by atoms with E-state index in [1.165, 1.54) is 44.1 Å². The normalized spacial score (nSPS) is 18.4. The Bertz CT molecular complexity index is 887. The Morgan fingerprint density at radius 1 is 0.897 bits per heavy atom. The maximum absolute atomic E-state index is 9.35. The van der Waals surface area contributed by atoms with Gasteiger partial charge in [-0.1, -0.05) is 50.7 Å². The maximum atomic E-state index is 9.35. The average molecular weight is 386 g/mol. The van der Waals surface area contributed by atoms with E-state index in [2.05, 4.69) is 56.0 Å². The van der Waals surface area contributed by atoms with Crippen molar-refractivity contribution in [2.24, 2.45) is 5.92 Å². The number of nitriles is 1. The van der Waals surface area contributed by atoms with Crippen LogP contribution in [-0.2, 0) is 0 Å². The van der Waals surface area contributed by atoms with Gasteiger partial charge in [-0.15, -0.1) is 0 Å². The molecule has 1 fully saturated rings. The first-order valence-corrected chi connectivity index (χ1v) is 11.0. The highest BCUT2D eigenvalue weighted by molar-refractivity contribution is 5.51. The van der Waals surface area contributed by atoms with Crippen LogP contribution in [0.2, 0.25) is 0 Å². The standard InChI is InChI=1S/C27H31NO/c1-3-5-21-8-13-24(14-9-21)25-15-10-22(11-16-25)6-7-23-12-17-27(29-18-4-2)26(19-23)20-28/h10-12,15-17,19,21,24H,3-5,8-9,13-14,18H2,1-2H3. The van der Waals surface area contributed by atoms with Crippen molar-refractivity contribution in [3.8, 4) is 23.7 Å². The van der Waals surface area contributed by atoms with Crippen LogP contribution < -0.4 is 4.74 Å². The molecule has 0 atom stereocenters. The fraction of sp³-hybridized carbons (Fsp3) is 0.444. The molecule has 2 heteroatoms. The molecule has 0 aromatic heterocycles. The minimum Gasteiger partial charge on any atom is -0.492 e. The minimum atomic E-state index is 0.541. The molecule has 29 heavy (non-hydrogen) atoms. The maximum Gasteiger partial charge on any atom is 0.137 e. The van der Waals surface area contributed by atoms with Crippen molar-refractivity contribution in [3.05, 3.63) is 64.7 Å². The Morgan fingerprint density at radius 3 is 2.24 bits per heavy atom. The zero-order valence-electron chi connectivity index (χ0n) is 17.7. The van der Waals surface area contributed by atoms with E-state index in [0.29, 0.717) is 23.8 Å². The molecule has 2 aromatic rings. The van der Waals surface area contributed by atoms with Gasteiger partial charge < -0.3 is 4.74 Å². The van der Waals surface area contributed by atoms with Crippen LogP contribution in [-0.4, -0.2) is 6.61 Å². The number of rotatable bonds is 6. The monoisotopic (exact) mass is 385 g/mol. The zero-order chi connectivity index (χ0) is 20.5. The smallest absolute Gasteiger partial charge is 0.137 e. The Kier molecular flexibility index (Phi) is 7.77. The van der Waals surface area contributed by atoms with Gasteiger partial charge in [0.05, 0.1) is 12.2 Å². The second-order valence-electron chi connectivity index (χ2n) is 8.05. The first kappa shape index (κ1) is 21.0. The highest BCUT2D eigenvalue weighted by atomic mass is 16.5. The summed E-state index contributed by atoms with van der Waals surface area (Å²) in [5, 5.41) is 9.35. The van der Waals surface area contributed by atoms with Gasteiger partial charge in [-0.2, -0.15) is 5.26 Å². The predicted molar refractivity (Wildman–Crippen MR) is 119 cm³/mol. The fourth-order valence-corrected chi connectivity index (χ4v) is 4.21. The number of benzene rings is 2. The van der Waals surface area contributed by atoms with E-state index >= 15 is 0 Å². The van der Waals surface area contributed by atoms with E-state index < -0.39 is 0 Å². The molecule has 0 unspecified atom stereocenters. The number of ether oxygens (including phenoxy) is 1. The third-order valence-corrected chi connectivity index (χ3v) is 5.84. The molecular weight excluding hydrogens is 354 g/mol. The number of nitrogens with zero attached hydrogens (tertiary/aromatic N) is 1. The third kappa shape index (κ3) is 5.88. The van der Waals surface area contributed by atoms with Gasteiger partial charge >= 0.3 is 0 Å². The quantitative estimate of drug-likeness (QED) is 0.511. The summed E-state index contributed by atoms with van der Waals surface area (Å²) >= 11 is 0. The van der Waals surface area contributed by atoms with E-state index in [1.807, 2.05) is 12.1 Å².